The van der Waals surface area contributed by atoms with Gasteiger partial charge in [-0.1, -0.05) is 0 Å². The quantitative estimate of drug-likeness (QED) is 0.696. The van der Waals surface area contributed by atoms with E-state index >= 15 is 0 Å². The molecule has 0 unspecified atom stereocenters. The van der Waals surface area contributed by atoms with Crippen LogP contribution >= 0.6 is 0 Å². The van der Waals surface area contributed by atoms with Gasteiger partial charge in [0.05, 0.1) is 36.1 Å². The maximum Gasteiger partial charge on any atom is 0.256 e. The van der Waals surface area contributed by atoms with Crippen LogP contribution in [0.15, 0.2) is 36.8 Å². The van der Waals surface area contributed by atoms with Gasteiger partial charge >= 0.3 is 0 Å². The molecule has 3 heterocycles. The summed E-state index contributed by atoms with van der Waals surface area (Å²) in [5.74, 6) is 0.546. The minimum Gasteiger partial charge on any atom is -0.481 e. The Labute approximate surface area is 163 Å². The van der Waals surface area contributed by atoms with Crippen LogP contribution in [-0.4, -0.2) is 58.8 Å². The molecule has 0 aliphatic carbocycles. The zero-order valence-corrected chi connectivity index (χ0v) is 16.4. The normalized spacial score (nSPS) is 15.2. The summed E-state index contributed by atoms with van der Waals surface area (Å²) < 4.78 is 12.7. The third-order valence-electron chi connectivity index (χ3n) is 5.38. The van der Waals surface area contributed by atoms with E-state index in [0.29, 0.717) is 24.5 Å². The smallest absolute Gasteiger partial charge is 0.256 e. The molecule has 0 radical (unpaired) electrons. The number of hydrogen-bond donors (Lipinski definition) is 0. The highest BCUT2D eigenvalue weighted by molar-refractivity contribution is 6.07. The van der Waals surface area contributed by atoms with E-state index in [2.05, 4.69) is 9.97 Å². The molecule has 2 aromatic heterocycles. The van der Waals surface area contributed by atoms with Crippen molar-refractivity contribution >= 4 is 16.9 Å². The SMILES string of the molecule is COc1ncccc1-c1cc(C(=O)N2CCC(OC)CC2)c2c(c1)ncn2C. The Morgan fingerprint density at radius 3 is 2.68 bits per heavy atom. The van der Waals surface area contributed by atoms with E-state index < -0.39 is 0 Å². The predicted octanol–water partition coefficient (Wildman–Crippen LogP) is 2.89. The van der Waals surface area contributed by atoms with Gasteiger partial charge in [-0.05, 0) is 42.7 Å². The van der Waals surface area contributed by atoms with Gasteiger partial charge in [-0.15, -0.1) is 0 Å². The predicted molar refractivity (Wildman–Crippen MR) is 106 cm³/mol. The number of methoxy groups -OCH3 is 2. The largest absolute Gasteiger partial charge is 0.481 e. The standard InChI is InChI=1S/C21H24N4O3/c1-24-13-23-18-12-14(16-5-4-8-22-20(16)28-3)11-17(19(18)24)21(26)25-9-6-15(27-2)7-10-25/h4-5,8,11-13,15H,6-7,9-10H2,1-3H3. The van der Waals surface area contributed by atoms with E-state index in [0.717, 1.165) is 35.0 Å². The first-order chi connectivity index (χ1) is 13.6. The molecule has 146 valence electrons. The van der Waals surface area contributed by atoms with Gasteiger partial charge in [0.25, 0.3) is 5.91 Å². The summed E-state index contributed by atoms with van der Waals surface area (Å²) in [6, 6.07) is 7.70. The van der Waals surface area contributed by atoms with Gasteiger partial charge in [-0.3, -0.25) is 4.79 Å². The minimum absolute atomic E-state index is 0.0212. The van der Waals surface area contributed by atoms with Crippen molar-refractivity contribution < 1.29 is 14.3 Å². The molecule has 7 nitrogen and oxygen atoms in total. The van der Waals surface area contributed by atoms with E-state index in [9.17, 15) is 4.79 Å². The monoisotopic (exact) mass is 380 g/mol. The Morgan fingerprint density at radius 1 is 1.18 bits per heavy atom. The number of imidazole rings is 1. The third-order valence-corrected chi connectivity index (χ3v) is 5.38. The average Bonchev–Trinajstić information content (AvgIpc) is 3.13. The van der Waals surface area contributed by atoms with Crippen molar-refractivity contribution in [2.45, 2.75) is 18.9 Å². The van der Waals surface area contributed by atoms with E-state index in [4.69, 9.17) is 9.47 Å². The second-order valence-electron chi connectivity index (χ2n) is 7.03. The molecule has 0 N–H and O–H groups in total. The number of pyridine rings is 1. The molecule has 7 heteroatoms. The zero-order chi connectivity index (χ0) is 19.7. The van der Waals surface area contributed by atoms with Crippen molar-refractivity contribution in [1.29, 1.82) is 0 Å². The summed E-state index contributed by atoms with van der Waals surface area (Å²) in [5, 5.41) is 0. The van der Waals surface area contributed by atoms with Crippen LogP contribution in [-0.2, 0) is 11.8 Å². The number of benzene rings is 1. The maximum absolute atomic E-state index is 13.4. The molecule has 1 saturated heterocycles. The topological polar surface area (TPSA) is 69.5 Å². The first-order valence-electron chi connectivity index (χ1n) is 9.39. The molecule has 4 rings (SSSR count). The van der Waals surface area contributed by atoms with Crippen LogP contribution in [0.25, 0.3) is 22.2 Å². The highest BCUT2D eigenvalue weighted by Gasteiger charge is 2.26. The number of nitrogens with zero attached hydrogens (tertiary/aromatic N) is 4. The zero-order valence-electron chi connectivity index (χ0n) is 16.4. The number of likely N-dealkylation sites (tertiary alicyclic amines) is 1. The van der Waals surface area contributed by atoms with Crippen LogP contribution in [0.4, 0.5) is 0 Å². The van der Waals surface area contributed by atoms with Crippen LogP contribution < -0.4 is 4.74 Å². The van der Waals surface area contributed by atoms with Gasteiger partial charge in [0.2, 0.25) is 5.88 Å². The minimum atomic E-state index is 0.0212. The van der Waals surface area contributed by atoms with Gasteiger partial charge in [0.1, 0.15) is 0 Å². The Hall–Kier alpha value is -2.93. The number of fused-ring (bicyclic) bond motifs is 1. The first kappa shape index (κ1) is 18.4. The van der Waals surface area contributed by atoms with Gasteiger partial charge in [-0.2, -0.15) is 0 Å². The van der Waals surface area contributed by atoms with E-state index in [-0.39, 0.29) is 12.0 Å². The number of rotatable bonds is 4. The molecule has 1 aromatic carbocycles. The number of carbonyl (C=O) groups is 1. The van der Waals surface area contributed by atoms with Crippen molar-refractivity contribution in [2.24, 2.45) is 7.05 Å². The van der Waals surface area contributed by atoms with Crippen molar-refractivity contribution in [3.05, 3.63) is 42.4 Å². The second kappa shape index (κ2) is 7.59. The highest BCUT2D eigenvalue weighted by Crippen LogP contribution is 2.32. The fourth-order valence-corrected chi connectivity index (χ4v) is 3.85. The molecule has 0 saturated carbocycles. The van der Waals surface area contributed by atoms with Crippen LogP contribution in [0.5, 0.6) is 5.88 Å². The lowest BCUT2D eigenvalue weighted by Gasteiger charge is -2.31. The summed E-state index contributed by atoms with van der Waals surface area (Å²) in [7, 11) is 5.23. The van der Waals surface area contributed by atoms with E-state index in [1.165, 1.54) is 0 Å². The highest BCUT2D eigenvalue weighted by atomic mass is 16.5. The number of carbonyl (C=O) groups excluding carboxylic acids is 1. The lowest BCUT2D eigenvalue weighted by Crippen LogP contribution is -2.40. The number of aromatic nitrogens is 3. The lowest BCUT2D eigenvalue weighted by atomic mass is 10.0. The van der Waals surface area contributed by atoms with Crippen LogP contribution in [0.3, 0.4) is 0 Å². The molecule has 3 aromatic rings. The summed E-state index contributed by atoms with van der Waals surface area (Å²) in [4.78, 5) is 24.1. The van der Waals surface area contributed by atoms with E-state index in [1.54, 1.807) is 26.7 Å². The molecule has 1 aliphatic rings. The van der Waals surface area contributed by atoms with Crippen molar-refractivity contribution in [3.8, 4) is 17.0 Å². The Bertz CT molecular complexity index is 1010. The van der Waals surface area contributed by atoms with E-state index in [1.807, 2.05) is 40.8 Å². The van der Waals surface area contributed by atoms with Gasteiger partial charge in [0.15, 0.2) is 0 Å². The second-order valence-corrected chi connectivity index (χ2v) is 7.03. The molecule has 0 spiro atoms. The molecule has 1 aliphatic heterocycles. The Kier molecular flexibility index (Phi) is 5.00. The van der Waals surface area contributed by atoms with Crippen LogP contribution in [0, 0.1) is 0 Å². The van der Waals surface area contributed by atoms with Gasteiger partial charge in [-0.25, -0.2) is 9.97 Å². The van der Waals surface area contributed by atoms with Gasteiger partial charge in [0, 0.05) is 39.0 Å². The Morgan fingerprint density at radius 2 is 1.96 bits per heavy atom. The van der Waals surface area contributed by atoms with Crippen molar-refractivity contribution in [3.63, 3.8) is 0 Å². The Balaban J connectivity index is 1.79. The summed E-state index contributed by atoms with van der Waals surface area (Å²) in [5.41, 5.74) is 3.97. The number of piperidine rings is 1. The third kappa shape index (κ3) is 3.22. The average molecular weight is 380 g/mol. The number of ether oxygens (including phenoxy) is 2. The molecule has 1 fully saturated rings. The van der Waals surface area contributed by atoms with Gasteiger partial charge < -0.3 is 18.9 Å². The number of amides is 1. The molecule has 0 bridgehead atoms. The fraction of sp³-hybridized carbons (Fsp3) is 0.381. The molecule has 0 atom stereocenters. The molecular formula is C21H24N4O3. The first-order valence-corrected chi connectivity index (χ1v) is 9.39. The molecule has 1 amide bonds. The number of hydrogen-bond acceptors (Lipinski definition) is 5. The van der Waals surface area contributed by atoms with Crippen molar-refractivity contribution in [2.75, 3.05) is 27.3 Å². The van der Waals surface area contributed by atoms with Crippen LogP contribution in [0.2, 0.25) is 0 Å². The molecule has 28 heavy (non-hydrogen) atoms. The van der Waals surface area contributed by atoms with Crippen LogP contribution in [0.1, 0.15) is 23.2 Å². The molecular weight excluding hydrogens is 356 g/mol. The lowest BCUT2D eigenvalue weighted by molar-refractivity contribution is 0.0351. The summed E-state index contributed by atoms with van der Waals surface area (Å²) in [6.07, 6.45) is 5.36. The number of aryl methyl sites for hydroxylation is 1. The fourth-order valence-electron chi connectivity index (χ4n) is 3.85. The maximum atomic E-state index is 13.4. The summed E-state index contributed by atoms with van der Waals surface area (Å²) in [6.45, 7) is 1.38. The van der Waals surface area contributed by atoms with Crippen molar-refractivity contribution in [1.82, 2.24) is 19.4 Å². The summed E-state index contributed by atoms with van der Waals surface area (Å²) >= 11 is 0.